The summed E-state index contributed by atoms with van der Waals surface area (Å²) in [6.07, 6.45) is 3.65. The lowest BCUT2D eigenvalue weighted by Crippen LogP contribution is -2.38. The zero-order valence-electron chi connectivity index (χ0n) is 12.4. The molecule has 0 heterocycles. The molecular formula is C16H22ClNO3. The van der Waals surface area contributed by atoms with Crippen LogP contribution in [-0.4, -0.2) is 29.8 Å². The van der Waals surface area contributed by atoms with E-state index in [0.717, 1.165) is 12.8 Å². The Bertz CT molecular complexity index is 502. The quantitative estimate of drug-likeness (QED) is 0.849. The minimum absolute atomic E-state index is 0.00560. The molecule has 0 bridgehead atoms. The van der Waals surface area contributed by atoms with Crippen LogP contribution < -0.4 is 10.1 Å². The highest BCUT2D eigenvalue weighted by atomic mass is 35.5. The number of aliphatic hydroxyl groups is 1. The second-order valence-corrected chi connectivity index (χ2v) is 6.14. The van der Waals surface area contributed by atoms with Crippen LogP contribution in [0.1, 0.15) is 43.5 Å². The van der Waals surface area contributed by atoms with Gasteiger partial charge in [-0.05, 0) is 50.3 Å². The molecule has 0 spiro atoms. The Kier molecular flexibility index (Phi) is 5.48. The molecule has 116 valence electrons. The zero-order chi connectivity index (χ0) is 15.4. The third kappa shape index (κ3) is 4.11. The van der Waals surface area contributed by atoms with Crippen LogP contribution >= 0.6 is 11.6 Å². The van der Waals surface area contributed by atoms with Crippen LogP contribution in [0.4, 0.5) is 0 Å². The number of carbonyl (C=O) groups is 1. The van der Waals surface area contributed by atoms with E-state index < -0.39 is 0 Å². The van der Waals surface area contributed by atoms with Crippen LogP contribution in [0.2, 0.25) is 5.02 Å². The van der Waals surface area contributed by atoms with Crippen LogP contribution in [0.25, 0.3) is 0 Å². The van der Waals surface area contributed by atoms with Gasteiger partial charge in [-0.15, -0.1) is 0 Å². The van der Waals surface area contributed by atoms with Crippen LogP contribution in [0.5, 0.6) is 5.75 Å². The Labute approximate surface area is 130 Å². The second kappa shape index (κ2) is 7.14. The molecule has 1 aromatic rings. The average Bonchev–Trinajstić information content (AvgIpc) is 2.41. The van der Waals surface area contributed by atoms with Gasteiger partial charge in [0.25, 0.3) is 5.91 Å². The van der Waals surface area contributed by atoms with E-state index in [4.69, 9.17) is 21.4 Å². The van der Waals surface area contributed by atoms with Gasteiger partial charge in [-0.1, -0.05) is 18.5 Å². The zero-order valence-corrected chi connectivity index (χ0v) is 13.2. The number of nitrogens with one attached hydrogen (secondary N) is 1. The fourth-order valence-corrected chi connectivity index (χ4v) is 2.28. The molecule has 0 aromatic heterocycles. The predicted molar refractivity (Wildman–Crippen MR) is 82.9 cm³/mol. The van der Waals surface area contributed by atoms with Crippen LogP contribution in [0.15, 0.2) is 18.2 Å². The normalized spacial score (nSPS) is 17.7. The summed E-state index contributed by atoms with van der Waals surface area (Å²) >= 11 is 6.18. The number of benzene rings is 1. The molecule has 5 heteroatoms. The van der Waals surface area contributed by atoms with Crippen molar-refractivity contribution in [1.82, 2.24) is 5.32 Å². The van der Waals surface area contributed by atoms with Crippen molar-refractivity contribution in [2.24, 2.45) is 5.92 Å². The van der Waals surface area contributed by atoms with Crippen molar-refractivity contribution in [3.8, 4) is 5.75 Å². The molecule has 4 nitrogen and oxygen atoms in total. The van der Waals surface area contributed by atoms with E-state index in [-0.39, 0.29) is 30.6 Å². The van der Waals surface area contributed by atoms with Gasteiger partial charge in [-0.25, -0.2) is 0 Å². The molecule has 2 rings (SSSR count). The van der Waals surface area contributed by atoms with Gasteiger partial charge >= 0.3 is 0 Å². The molecule has 2 atom stereocenters. The molecule has 1 saturated carbocycles. The smallest absolute Gasteiger partial charge is 0.253 e. The lowest BCUT2D eigenvalue weighted by atomic mass is 9.96. The van der Waals surface area contributed by atoms with E-state index in [1.807, 2.05) is 13.8 Å². The third-order valence-electron chi connectivity index (χ3n) is 4.04. The van der Waals surface area contributed by atoms with E-state index in [9.17, 15) is 4.79 Å². The molecule has 0 radical (unpaired) electrons. The highest BCUT2D eigenvalue weighted by Crippen LogP contribution is 2.28. The molecular weight excluding hydrogens is 290 g/mol. The summed E-state index contributed by atoms with van der Waals surface area (Å²) < 4.78 is 5.75. The topological polar surface area (TPSA) is 58.6 Å². The van der Waals surface area contributed by atoms with Gasteiger partial charge in [-0.3, -0.25) is 4.79 Å². The van der Waals surface area contributed by atoms with Crippen molar-refractivity contribution < 1.29 is 14.6 Å². The summed E-state index contributed by atoms with van der Waals surface area (Å²) in [6, 6.07) is 5.03. The Balaban J connectivity index is 2.00. The molecule has 21 heavy (non-hydrogen) atoms. The Hall–Kier alpha value is -1.26. The van der Waals surface area contributed by atoms with Gasteiger partial charge in [0.1, 0.15) is 5.75 Å². The number of hydrogen-bond donors (Lipinski definition) is 2. The van der Waals surface area contributed by atoms with Gasteiger partial charge in [0.15, 0.2) is 0 Å². The first-order chi connectivity index (χ1) is 10.0. The van der Waals surface area contributed by atoms with Gasteiger partial charge in [0.2, 0.25) is 0 Å². The largest absolute Gasteiger partial charge is 0.490 e. The predicted octanol–water partition coefficient (Wildman–Crippen LogP) is 3.02. The maximum absolute atomic E-state index is 12.2. The van der Waals surface area contributed by atoms with Gasteiger partial charge in [0, 0.05) is 12.6 Å². The van der Waals surface area contributed by atoms with Crippen molar-refractivity contribution in [2.75, 3.05) is 6.61 Å². The minimum atomic E-state index is -0.233. The number of rotatable bonds is 6. The summed E-state index contributed by atoms with van der Waals surface area (Å²) in [6.45, 7) is 3.77. The van der Waals surface area contributed by atoms with Crippen LogP contribution in [-0.2, 0) is 0 Å². The summed E-state index contributed by atoms with van der Waals surface area (Å²) in [5.74, 6) is 0.468. The van der Waals surface area contributed by atoms with Crippen molar-refractivity contribution in [3.05, 3.63) is 28.8 Å². The SMILES string of the molecule is CC(CO)C(C)NC(=O)c1ccc(OC2CCC2)cc1Cl. The molecule has 2 unspecified atom stereocenters. The number of halogens is 1. The van der Waals surface area contributed by atoms with E-state index in [0.29, 0.717) is 16.3 Å². The van der Waals surface area contributed by atoms with E-state index >= 15 is 0 Å². The number of aliphatic hydroxyl groups excluding tert-OH is 1. The molecule has 1 aliphatic carbocycles. The summed E-state index contributed by atoms with van der Waals surface area (Å²) in [4.78, 5) is 12.2. The Morgan fingerprint density at radius 2 is 2.19 bits per heavy atom. The molecule has 2 N–H and O–H groups in total. The molecule has 1 fully saturated rings. The first kappa shape index (κ1) is 16.1. The van der Waals surface area contributed by atoms with Crippen molar-refractivity contribution in [2.45, 2.75) is 45.3 Å². The van der Waals surface area contributed by atoms with Crippen LogP contribution in [0.3, 0.4) is 0 Å². The van der Waals surface area contributed by atoms with Crippen molar-refractivity contribution in [3.63, 3.8) is 0 Å². The summed E-state index contributed by atoms with van der Waals surface area (Å²) in [5, 5.41) is 12.3. The third-order valence-corrected chi connectivity index (χ3v) is 4.35. The molecule has 1 aliphatic rings. The molecule has 0 saturated heterocycles. The number of amides is 1. The van der Waals surface area contributed by atoms with Crippen LogP contribution in [0, 0.1) is 5.92 Å². The monoisotopic (exact) mass is 311 g/mol. The van der Waals surface area contributed by atoms with Gasteiger partial charge in [0.05, 0.1) is 16.7 Å². The van der Waals surface area contributed by atoms with E-state index in [2.05, 4.69) is 5.32 Å². The lowest BCUT2D eigenvalue weighted by Gasteiger charge is -2.26. The van der Waals surface area contributed by atoms with Crippen molar-refractivity contribution in [1.29, 1.82) is 0 Å². The number of carbonyl (C=O) groups excluding carboxylic acids is 1. The Morgan fingerprint density at radius 3 is 2.71 bits per heavy atom. The first-order valence-corrected chi connectivity index (χ1v) is 7.77. The number of hydrogen-bond acceptors (Lipinski definition) is 3. The summed E-state index contributed by atoms with van der Waals surface area (Å²) in [7, 11) is 0. The maximum Gasteiger partial charge on any atom is 0.253 e. The molecule has 1 amide bonds. The first-order valence-electron chi connectivity index (χ1n) is 7.39. The summed E-state index contributed by atoms with van der Waals surface area (Å²) in [5.41, 5.74) is 0.426. The van der Waals surface area contributed by atoms with Gasteiger partial charge < -0.3 is 15.2 Å². The second-order valence-electron chi connectivity index (χ2n) is 5.73. The maximum atomic E-state index is 12.2. The van der Waals surface area contributed by atoms with Crippen molar-refractivity contribution >= 4 is 17.5 Å². The Morgan fingerprint density at radius 1 is 1.48 bits per heavy atom. The standard InChI is InChI=1S/C16H22ClNO3/c1-10(9-19)11(2)18-16(20)14-7-6-13(8-15(14)17)21-12-4-3-5-12/h6-8,10-12,19H,3-5,9H2,1-2H3,(H,18,20). The molecule has 1 aromatic carbocycles. The van der Waals surface area contributed by atoms with E-state index in [1.54, 1.807) is 18.2 Å². The fourth-order valence-electron chi connectivity index (χ4n) is 2.02. The number of ether oxygens (including phenoxy) is 1. The van der Waals surface area contributed by atoms with Gasteiger partial charge in [-0.2, -0.15) is 0 Å². The minimum Gasteiger partial charge on any atom is -0.490 e. The fraction of sp³-hybridized carbons (Fsp3) is 0.562. The highest BCUT2D eigenvalue weighted by molar-refractivity contribution is 6.34. The highest BCUT2D eigenvalue weighted by Gasteiger charge is 2.21. The molecule has 0 aliphatic heterocycles. The average molecular weight is 312 g/mol. The van der Waals surface area contributed by atoms with E-state index in [1.165, 1.54) is 6.42 Å². The lowest BCUT2D eigenvalue weighted by molar-refractivity contribution is 0.0916.